The third-order valence-corrected chi connectivity index (χ3v) is 6.17. The molecule has 1 N–H and O–H groups in total. The van der Waals surface area contributed by atoms with Crippen LogP contribution in [-0.4, -0.2) is 48.7 Å². The van der Waals surface area contributed by atoms with Crippen molar-refractivity contribution in [2.75, 3.05) is 26.3 Å². The predicted octanol–water partition coefficient (Wildman–Crippen LogP) is 2.38. The number of nitrogens with one attached hydrogen (secondary N) is 1. The summed E-state index contributed by atoms with van der Waals surface area (Å²) in [5.74, 6) is -0.122. The summed E-state index contributed by atoms with van der Waals surface area (Å²) in [4.78, 5) is 15.6. The van der Waals surface area contributed by atoms with Crippen LogP contribution in [0.4, 0.5) is 0 Å². The quantitative estimate of drug-likeness (QED) is 0.919. The highest BCUT2D eigenvalue weighted by atomic mass is 32.1. The van der Waals surface area contributed by atoms with Crippen molar-refractivity contribution >= 4 is 17.2 Å². The summed E-state index contributed by atoms with van der Waals surface area (Å²) in [6, 6.07) is 3.86. The Kier molecular flexibility index (Phi) is 5.00. The van der Waals surface area contributed by atoms with Gasteiger partial charge in [-0.25, -0.2) is 0 Å². The highest BCUT2D eigenvalue weighted by Crippen LogP contribution is 2.38. The largest absolute Gasteiger partial charge is 0.379 e. The molecule has 3 rings (SSSR count). The van der Waals surface area contributed by atoms with Crippen molar-refractivity contribution < 1.29 is 9.53 Å². The molecule has 1 aromatic rings. The molecule has 1 aliphatic carbocycles. The van der Waals surface area contributed by atoms with Crippen LogP contribution in [0.25, 0.3) is 0 Å². The van der Waals surface area contributed by atoms with Crippen LogP contribution in [-0.2, 0) is 4.74 Å². The molecular weight excluding hydrogens is 310 g/mol. The Morgan fingerprint density at radius 3 is 2.78 bits per heavy atom. The van der Waals surface area contributed by atoms with E-state index in [4.69, 9.17) is 10.00 Å². The normalized spacial score (nSPS) is 22.4. The molecule has 1 amide bonds. The molecule has 1 aliphatic heterocycles. The predicted molar refractivity (Wildman–Crippen MR) is 89.6 cm³/mol. The Labute approximate surface area is 141 Å². The molecule has 0 spiro atoms. The lowest BCUT2D eigenvalue weighted by Crippen LogP contribution is -2.62. The van der Waals surface area contributed by atoms with E-state index in [9.17, 15) is 4.79 Å². The first kappa shape index (κ1) is 16.4. The smallest absolute Gasteiger partial charge is 0.262 e. The fraction of sp³-hybridized carbons (Fsp3) is 0.647. The second kappa shape index (κ2) is 7.00. The third kappa shape index (κ3) is 3.14. The summed E-state index contributed by atoms with van der Waals surface area (Å²) in [7, 11) is 0. The zero-order valence-electron chi connectivity index (χ0n) is 13.5. The van der Waals surface area contributed by atoms with Crippen molar-refractivity contribution in [2.45, 2.75) is 44.2 Å². The maximum absolute atomic E-state index is 12.6. The molecule has 2 fully saturated rings. The SMILES string of the molecule is C[C@@H](NC(=O)c1sccc1C#N)C1(N2CCOCC2)CCCC1. The van der Waals surface area contributed by atoms with Gasteiger partial charge in [-0.15, -0.1) is 11.3 Å². The van der Waals surface area contributed by atoms with E-state index < -0.39 is 0 Å². The van der Waals surface area contributed by atoms with Gasteiger partial charge in [0.15, 0.2) is 0 Å². The van der Waals surface area contributed by atoms with E-state index in [0.717, 1.165) is 39.1 Å². The van der Waals surface area contributed by atoms with Crippen LogP contribution in [0.2, 0.25) is 0 Å². The number of ether oxygens (including phenoxy) is 1. The summed E-state index contributed by atoms with van der Waals surface area (Å²) in [6.07, 6.45) is 4.65. The van der Waals surface area contributed by atoms with Crippen molar-refractivity contribution in [1.82, 2.24) is 10.2 Å². The molecule has 0 radical (unpaired) electrons. The van der Waals surface area contributed by atoms with E-state index in [0.29, 0.717) is 10.4 Å². The molecule has 5 nitrogen and oxygen atoms in total. The minimum atomic E-state index is -0.122. The zero-order chi connectivity index (χ0) is 16.3. The van der Waals surface area contributed by atoms with Crippen LogP contribution < -0.4 is 5.32 Å². The van der Waals surface area contributed by atoms with Crippen molar-refractivity contribution in [3.8, 4) is 6.07 Å². The molecule has 2 aliphatic rings. The summed E-state index contributed by atoms with van der Waals surface area (Å²) in [5, 5.41) is 14.1. The van der Waals surface area contributed by atoms with Crippen LogP contribution in [0.1, 0.15) is 47.8 Å². The van der Waals surface area contributed by atoms with Gasteiger partial charge >= 0.3 is 0 Å². The van der Waals surface area contributed by atoms with Gasteiger partial charge in [0.2, 0.25) is 0 Å². The minimum absolute atomic E-state index is 0.0313. The second-order valence-corrected chi connectivity index (χ2v) is 7.30. The Morgan fingerprint density at radius 2 is 2.13 bits per heavy atom. The Morgan fingerprint density at radius 1 is 1.43 bits per heavy atom. The monoisotopic (exact) mass is 333 g/mol. The van der Waals surface area contributed by atoms with E-state index in [1.54, 1.807) is 11.4 Å². The number of nitriles is 1. The van der Waals surface area contributed by atoms with Gasteiger partial charge in [-0.2, -0.15) is 5.26 Å². The number of amides is 1. The topological polar surface area (TPSA) is 65.4 Å². The number of thiophene rings is 1. The van der Waals surface area contributed by atoms with E-state index in [-0.39, 0.29) is 17.5 Å². The molecule has 6 heteroatoms. The Bertz CT molecular complexity index is 595. The van der Waals surface area contributed by atoms with Crippen LogP contribution in [0, 0.1) is 11.3 Å². The van der Waals surface area contributed by atoms with Crippen molar-refractivity contribution in [1.29, 1.82) is 5.26 Å². The summed E-state index contributed by atoms with van der Waals surface area (Å²) < 4.78 is 5.49. The van der Waals surface area contributed by atoms with Crippen LogP contribution >= 0.6 is 11.3 Å². The van der Waals surface area contributed by atoms with Gasteiger partial charge in [-0.3, -0.25) is 9.69 Å². The van der Waals surface area contributed by atoms with Gasteiger partial charge in [-0.1, -0.05) is 12.8 Å². The second-order valence-electron chi connectivity index (χ2n) is 6.38. The molecule has 124 valence electrons. The number of carbonyl (C=O) groups excluding carboxylic acids is 1. The van der Waals surface area contributed by atoms with E-state index in [2.05, 4.69) is 23.2 Å². The van der Waals surface area contributed by atoms with Gasteiger partial charge in [-0.05, 0) is 31.2 Å². The number of hydrogen-bond donors (Lipinski definition) is 1. The minimum Gasteiger partial charge on any atom is -0.379 e. The molecule has 0 aromatic carbocycles. The van der Waals surface area contributed by atoms with E-state index in [1.165, 1.54) is 24.2 Å². The molecule has 0 bridgehead atoms. The van der Waals surface area contributed by atoms with E-state index >= 15 is 0 Å². The molecule has 1 atom stereocenters. The first-order valence-electron chi connectivity index (χ1n) is 8.28. The molecule has 2 heterocycles. The maximum atomic E-state index is 12.6. The van der Waals surface area contributed by atoms with Gasteiger partial charge in [0, 0.05) is 24.7 Å². The number of nitrogens with zero attached hydrogens (tertiary/aromatic N) is 2. The average molecular weight is 333 g/mol. The van der Waals surface area contributed by atoms with Gasteiger partial charge in [0.25, 0.3) is 5.91 Å². The summed E-state index contributed by atoms with van der Waals surface area (Å²) in [6.45, 7) is 5.52. The standard InChI is InChI=1S/C17H23N3O2S/c1-13(19-16(21)15-14(12-18)4-11-23-15)17(5-2-3-6-17)20-7-9-22-10-8-20/h4,11,13H,2-3,5-10H2,1H3,(H,19,21)/t13-/m1/s1. The number of carbonyl (C=O) groups is 1. The molecule has 1 saturated carbocycles. The van der Waals surface area contributed by atoms with E-state index in [1.807, 2.05) is 0 Å². The van der Waals surface area contributed by atoms with Crippen molar-refractivity contribution in [2.24, 2.45) is 0 Å². The van der Waals surface area contributed by atoms with Crippen LogP contribution in [0.15, 0.2) is 11.4 Å². The average Bonchev–Trinajstić information content (AvgIpc) is 3.25. The first-order valence-corrected chi connectivity index (χ1v) is 9.16. The van der Waals surface area contributed by atoms with Gasteiger partial charge in [0.05, 0.1) is 18.8 Å². The zero-order valence-corrected chi connectivity index (χ0v) is 14.3. The molecule has 0 unspecified atom stereocenters. The summed E-state index contributed by atoms with van der Waals surface area (Å²) >= 11 is 1.33. The Balaban J connectivity index is 1.75. The number of hydrogen-bond acceptors (Lipinski definition) is 5. The van der Waals surface area contributed by atoms with Crippen molar-refractivity contribution in [3.05, 3.63) is 21.9 Å². The molecule has 23 heavy (non-hydrogen) atoms. The lowest BCUT2D eigenvalue weighted by Gasteiger charge is -2.47. The molecule has 1 aromatic heterocycles. The van der Waals surface area contributed by atoms with Gasteiger partial charge in [0.1, 0.15) is 10.9 Å². The fourth-order valence-corrected chi connectivity index (χ4v) is 4.74. The van der Waals surface area contributed by atoms with Crippen LogP contribution in [0.3, 0.4) is 0 Å². The molecule has 1 saturated heterocycles. The van der Waals surface area contributed by atoms with Gasteiger partial charge < -0.3 is 10.1 Å². The molecular formula is C17H23N3O2S. The highest BCUT2D eigenvalue weighted by Gasteiger charge is 2.45. The first-order chi connectivity index (χ1) is 11.2. The number of rotatable bonds is 4. The maximum Gasteiger partial charge on any atom is 0.262 e. The summed E-state index contributed by atoms with van der Waals surface area (Å²) in [5.41, 5.74) is 0.496. The number of morpholine rings is 1. The van der Waals surface area contributed by atoms with Crippen LogP contribution in [0.5, 0.6) is 0 Å². The highest BCUT2D eigenvalue weighted by molar-refractivity contribution is 7.12. The fourth-order valence-electron chi connectivity index (χ4n) is 3.99. The lowest BCUT2D eigenvalue weighted by atomic mass is 9.86. The third-order valence-electron chi connectivity index (χ3n) is 5.26. The van der Waals surface area contributed by atoms with Crippen molar-refractivity contribution in [3.63, 3.8) is 0 Å². The Hall–Kier alpha value is -1.42. The lowest BCUT2D eigenvalue weighted by molar-refractivity contribution is -0.0323.